The first-order chi connectivity index (χ1) is 21.7. The maximum atomic E-state index is 14.2. The van der Waals surface area contributed by atoms with Gasteiger partial charge in [0, 0.05) is 43.9 Å². The number of benzene rings is 2. The molecule has 1 aliphatic heterocycles. The highest BCUT2D eigenvalue weighted by atomic mass is 19.4. The second kappa shape index (κ2) is 17.0. The Kier molecular flexibility index (Phi) is 13.7. The highest BCUT2D eigenvalue weighted by Gasteiger charge is 2.31. The molecule has 12 heteroatoms. The molecule has 0 unspecified atom stereocenters. The number of rotatable bonds is 8. The molecule has 0 bridgehead atoms. The van der Waals surface area contributed by atoms with E-state index < -0.39 is 23.8 Å². The van der Waals surface area contributed by atoms with Crippen LogP contribution in [0.3, 0.4) is 0 Å². The van der Waals surface area contributed by atoms with Crippen LogP contribution in [0.15, 0.2) is 42.5 Å². The Labute approximate surface area is 270 Å². The molecule has 0 spiro atoms. The standard InChI is InChI=1S/C34H49F3N4O5/c1-22(2)38-33(44)39-28-14-15-30-29(17-28)32(43)41(24(4)21-42)18-23(3)31(45-16-8-7-9-25(5)46-30)20-40(6)19-26-10-12-27(13-11-26)34(35,36)37/h10-15,17,22-25,31,42H,7-9,16,18-21H2,1-6H3,(H2,38,39,44)/t23-,24+,25+,31+/m0/s1. The van der Waals surface area contributed by atoms with Gasteiger partial charge in [-0.05, 0) is 89.9 Å². The average molecular weight is 651 g/mol. The molecule has 3 amide bonds. The zero-order chi connectivity index (χ0) is 34.0. The van der Waals surface area contributed by atoms with Crippen molar-refractivity contribution in [2.45, 2.75) is 90.9 Å². The van der Waals surface area contributed by atoms with Crippen molar-refractivity contribution >= 4 is 17.6 Å². The Balaban J connectivity index is 1.87. The number of ether oxygens (including phenoxy) is 2. The van der Waals surface area contributed by atoms with E-state index in [4.69, 9.17) is 9.47 Å². The fourth-order valence-corrected chi connectivity index (χ4v) is 5.37. The normalized spacial score (nSPS) is 20.9. The van der Waals surface area contributed by atoms with Crippen LogP contribution in [-0.2, 0) is 17.5 Å². The summed E-state index contributed by atoms with van der Waals surface area (Å²) in [7, 11) is 1.89. The molecule has 0 aromatic heterocycles. The molecule has 9 nitrogen and oxygen atoms in total. The minimum absolute atomic E-state index is 0.0744. The minimum Gasteiger partial charge on any atom is -0.490 e. The van der Waals surface area contributed by atoms with Crippen molar-refractivity contribution in [1.82, 2.24) is 15.1 Å². The van der Waals surface area contributed by atoms with Gasteiger partial charge in [-0.15, -0.1) is 0 Å². The van der Waals surface area contributed by atoms with Crippen LogP contribution in [0.4, 0.5) is 23.7 Å². The van der Waals surface area contributed by atoms with E-state index in [0.717, 1.165) is 37.0 Å². The Hall–Kier alpha value is -3.35. The summed E-state index contributed by atoms with van der Waals surface area (Å²) in [6.07, 6.45) is -2.50. The number of hydrogen-bond donors (Lipinski definition) is 3. The van der Waals surface area contributed by atoms with E-state index in [9.17, 15) is 27.9 Å². The van der Waals surface area contributed by atoms with Gasteiger partial charge in [0.05, 0.1) is 36.0 Å². The summed E-state index contributed by atoms with van der Waals surface area (Å²) in [6.45, 7) is 10.8. The predicted molar refractivity (Wildman–Crippen MR) is 172 cm³/mol. The quantitative estimate of drug-likeness (QED) is 0.316. The number of carbonyl (C=O) groups is 2. The number of likely N-dealkylation sites (N-methyl/N-ethyl adjacent to an activating group) is 1. The van der Waals surface area contributed by atoms with Gasteiger partial charge in [-0.1, -0.05) is 19.1 Å². The molecule has 3 N–H and O–H groups in total. The number of nitrogens with one attached hydrogen (secondary N) is 2. The lowest BCUT2D eigenvalue weighted by Crippen LogP contribution is -2.47. The zero-order valence-electron chi connectivity index (χ0n) is 27.7. The number of aliphatic hydroxyl groups excluding tert-OH is 1. The van der Waals surface area contributed by atoms with Gasteiger partial charge < -0.3 is 30.1 Å². The van der Waals surface area contributed by atoms with Crippen molar-refractivity contribution in [2.24, 2.45) is 5.92 Å². The summed E-state index contributed by atoms with van der Waals surface area (Å²) in [4.78, 5) is 30.2. The summed E-state index contributed by atoms with van der Waals surface area (Å²) in [5.41, 5.74) is 0.758. The first-order valence-electron chi connectivity index (χ1n) is 15.9. The van der Waals surface area contributed by atoms with Crippen molar-refractivity contribution < 1.29 is 37.3 Å². The van der Waals surface area contributed by atoms with Crippen LogP contribution in [-0.4, -0.2) is 84.5 Å². The molecule has 46 heavy (non-hydrogen) atoms. The van der Waals surface area contributed by atoms with Crippen molar-refractivity contribution in [2.75, 3.05) is 38.7 Å². The first-order valence-corrected chi connectivity index (χ1v) is 15.9. The molecular formula is C34H49F3N4O5. The topological polar surface area (TPSA) is 103 Å². The lowest BCUT2D eigenvalue weighted by Gasteiger charge is -2.36. The molecule has 0 aliphatic carbocycles. The molecule has 2 aromatic carbocycles. The van der Waals surface area contributed by atoms with Crippen LogP contribution >= 0.6 is 0 Å². The Morgan fingerprint density at radius 1 is 1.11 bits per heavy atom. The highest BCUT2D eigenvalue weighted by molar-refractivity contribution is 5.99. The number of anilines is 1. The number of alkyl halides is 3. The molecule has 4 atom stereocenters. The van der Waals surface area contributed by atoms with Crippen LogP contribution in [0, 0.1) is 5.92 Å². The summed E-state index contributed by atoms with van der Waals surface area (Å²) in [5.74, 6) is -0.119. The predicted octanol–water partition coefficient (Wildman–Crippen LogP) is 6.16. The van der Waals surface area contributed by atoms with Crippen LogP contribution < -0.4 is 15.4 Å². The number of fused-ring (bicyclic) bond motifs is 1. The molecule has 1 heterocycles. The van der Waals surface area contributed by atoms with Crippen LogP contribution in [0.25, 0.3) is 0 Å². The summed E-state index contributed by atoms with van der Waals surface area (Å²) in [6, 6.07) is 9.13. The Bertz CT molecular complexity index is 1270. The molecule has 0 radical (unpaired) electrons. The Morgan fingerprint density at radius 3 is 2.43 bits per heavy atom. The van der Waals surface area contributed by atoms with Crippen LogP contribution in [0.5, 0.6) is 5.75 Å². The number of hydrogen-bond acceptors (Lipinski definition) is 6. The van der Waals surface area contributed by atoms with Crippen LogP contribution in [0.1, 0.15) is 75.4 Å². The van der Waals surface area contributed by atoms with E-state index in [1.807, 2.05) is 39.6 Å². The van der Waals surface area contributed by atoms with Gasteiger partial charge in [-0.25, -0.2) is 4.79 Å². The third-order valence-electron chi connectivity index (χ3n) is 7.95. The smallest absolute Gasteiger partial charge is 0.416 e. The molecule has 2 aromatic rings. The van der Waals surface area contributed by atoms with E-state index in [0.29, 0.717) is 31.1 Å². The van der Waals surface area contributed by atoms with Gasteiger partial charge in [0.15, 0.2) is 0 Å². The van der Waals surface area contributed by atoms with Crippen molar-refractivity contribution in [1.29, 1.82) is 0 Å². The van der Waals surface area contributed by atoms with E-state index >= 15 is 0 Å². The second-order valence-corrected chi connectivity index (χ2v) is 12.7. The van der Waals surface area contributed by atoms with E-state index in [2.05, 4.69) is 10.6 Å². The van der Waals surface area contributed by atoms with Crippen molar-refractivity contribution in [3.8, 4) is 5.75 Å². The monoisotopic (exact) mass is 650 g/mol. The highest BCUT2D eigenvalue weighted by Crippen LogP contribution is 2.30. The third-order valence-corrected chi connectivity index (χ3v) is 7.95. The lowest BCUT2D eigenvalue weighted by atomic mass is 10.0. The number of urea groups is 1. The van der Waals surface area contributed by atoms with E-state index in [-0.39, 0.29) is 48.8 Å². The molecule has 0 fully saturated rings. The zero-order valence-corrected chi connectivity index (χ0v) is 27.7. The fourth-order valence-electron chi connectivity index (χ4n) is 5.37. The second-order valence-electron chi connectivity index (χ2n) is 12.7. The average Bonchev–Trinajstić information content (AvgIpc) is 2.98. The van der Waals surface area contributed by atoms with Gasteiger partial charge in [0.1, 0.15) is 5.75 Å². The number of nitrogens with zero attached hydrogens (tertiary/aromatic N) is 2. The molecule has 0 saturated heterocycles. The third kappa shape index (κ3) is 11.2. The summed E-state index contributed by atoms with van der Waals surface area (Å²) >= 11 is 0. The minimum atomic E-state index is -4.39. The number of halogens is 3. The summed E-state index contributed by atoms with van der Waals surface area (Å²) < 4.78 is 51.7. The molecule has 0 saturated carbocycles. The van der Waals surface area contributed by atoms with Crippen molar-refractivity contribution in [3.63, 3.8) is 0 Å². The van der Waals surface area contributed by atoms with E-state index in [1.54, 1.807) is 30.0 Å². The molecule has 3 rings (SSSR count). The lowest BCUT2D eigenvalue weighted by molar-refractivity contribution is -0.137. The van der Waals surface area contributed by atoms with Gasteiger partial charge in [-0.3, -0.25) is 9.69 Å². The molecule has 256 valence electrons. The Morgan fingerprint density at radius 2 is 1.80 bits per heavy atom. The van der Waals surface area contributed by atoms with Gasteiger partial charge in [-0.2, -0.15) is 13.2 Å². The first kappa shape index (κ1) is 37.1. The van der Waals surface area contributed by atoms with Gasteiger partial charge in [0.25, 0.3) is 5.91 Å². The maximum absolute atomic E-state index is 14.2. The van der Waals surface area contributed by atoms with Gasteiger partial charge >= 0.3 is 12.2 Å². The number of carbonyl (C=O) groups excluding carboxylic acids is 2. The number of amides is 3. The SMILES string of the molecule is CC(C)NC(=O)Nc1ccc2c(c1)C(=O)N([C@H](C)CO)C[C@H](C)[C@@H](CN(C)Cc1ccc(C(F)(F)F)cc1)OCCCC[C@@H](C)O2. The summed E-state index contributed by atoms with van der Waals surface area (Å²) in [5, 5.41) is 15.7. The fraction of sp³-hybridized carbons (Fsp3) is 0.588. The number of aliphatic hydroxyl groups is 1. The largest absolute Gasteiger partial charge is 0.490 e. The van der Waals surface area contributed by atoms with Crippen LogP contribution in [0.2, 0.25) is 0 Å². The van der Waals surface area contributed by atoms with E-state index in [1.165, 1.54) is 12.1 Å². The maximum Gasteiger partial charge on any atom is 0.416 e. The van der Waals surface area contributed by atoms with Gasteiger partial charge in [0.2, 0.25) is 0 Å². The molecular weight excluding hydrogens is 601 g/mol. The molecule has 1 aliphatic rings. The van der Waals surface area contributed by atoms with Crippen molar-refractivity contribution in [3.05, 3.63) is 59.2 Å².